The lowest BCUT2D eigenvalue weighted by atomic mass is 9.79. The van der Waals surface area contributed by atoms with Crippen LogP contribution in [-0.4, -0.2) is 49.1 Å². The summed E-state index contributed by atoms with van der Waals surface area (Å²) in [5.74, 6) is 2.03. The van der Waals surface area contributed by atoms with Gasteiger partial charge in [-0.1, -0.05) is 43.7 Å². The van der Waals surface area contributed by atoms with Gasteiger partial charge in [0.05, 0.1) is 0 Å². The van der Waals surface area contributed by atoms with E-state index in [0.717, 1.165) is 12.5 Å². The standard InChI is InChI=1S/C24H37ClN2O2/c1-26(24(28)29-23-14-12-22(25)13-15-23)19-21-10-8-20(9-11-21)7-3-6-18-27-16-4-2-5-17-27/h12-15,20-21H,2-11,16-19H2,1H3/t20-,21-. The fourth-order valence-electron chi connectivity index (χ4n) is 4.80. The molecule has 4 nitrogen and oxygen atoms in total. The van der Waals surface area contributed by atoms with E-state index in [-0.39, 0.29) is 6.09 Å². The summed E-state index contributed by atoms with van der Waals surface area (Å²) in [4.78, 5) is 16.7. The molecule has 0 aromatic heterocycles. The Morgan fingerprint density at radius 2 is 1.69 bits per heavy atom. The summed E-state index contributed by atoms with van der Waals surface area (Å²) in [7, 11) is 1.84. The topological polar surface area (TPSA) is 32.8 Å². The first kappa shape index (κ1) is 22.4. The molecule has 1 amide bonds. The van der Waals surface area contributed by atoms with E-state index in [1.807, 2.05) is 7.05 Å². The van der Waals surface area contributed by atoms with Gasteiger partial charge in [0.1, 0.15) is 5.75 Å². The molecule has 1 aliphatic carbocycles. The second kappa shape index (κ2) is 11.8. The van der Waals surface area contributed by atoms with Crippen LogP contribution in [-0.2, 0) is 0 Å². The van der Waals surface area contributed by atoms with Crippen molar-refractivity contribution in [2.24, 2.45) is 11.8 Å². The number of unbranched alkanes of at least 4 members (excludes halogenated alkanes) is 1. The molecule has 5 heteroatoms. The van der Waals surface area contributed by atoms with Crippen molar-refractivity contribution in [2.45, 2.75) is 64.2 Å². The summed E-state index contributed by atoms with van der Waals surface area (Å²) in [6.45, 7) is 4.72. The van der Waals surface area contributed by atoms with Crippen molar-refractivity contribution in [3.05, 3.63) is 29.3 Å². The lowest BCUT2D eigenvalue weighted by Gasteiger charge is -2.31. The minimum Gasteiger partial charge on any atom is -0.410 e. The van der Waals surface area contributed by atoms with Crippen LogP contribution in [0.2, 0.25) is 5.02 Å². The molecule has 1 aliphatic heterocycles. The zero-order chi connectivity index (χ0) is 20.5. The van der Waals surface area contributed by atoms with E-state index in [2.05, 4.69) is 4.90 Å². The van der Waals surface area contributed by atoms with Crippen molar-refractivity contribution in [1.29, 1.82) is 0 Å². The van der Waals surface area contributed by atoms with Gasteiger partial charge in [0, 0.05) is 18.6 Å². The highest BCUT2D eigenvalue weighted by Crippen LogP contribution is 2.32. The molecular formula is C24H37ClN2O2. The maximum atomic E-state index is 12.3. The number of halogens is 1. The first-order chi connectivity index (χ1) is 14.1. The van der Waals surface area contributed by atoms with Gasteiger partial charge in [-0.05, 0) is 87.8 Å². The molecule has 1 heterocycles. The Bertz CT molecular complexity index is 608. The van der Waals surface area contributed by atoms with Crippen molar-refractivity contribution in [3.8, 4) is 5.75 Å². The average Bonchev–Trinajstić information content (AvgIpc) is 2.74. The summed E-state index contributed by atoms with van der Waals surface area (Å²) >= 11 is 5.87. The molecule has 3 rings (SSSR count). The van der Waals surface area contributed by atoms with E-state index in [4.69, 9.17) is 16.3 Å². The summed E-state index contributed by atoms with van der Waals surface area (Å²) in [6.07, 6.45) is 13.1. The molecule has 1 saturated carbocycles. The molecule has 0 bridgehead atoms. The molecule has 0 atom stereocenters. The largest absolute Gasteiger partial charge is 0.414 e. The number of ether oxygens (including phenoxy) is 1. The lowest BCUT2D eigenvalue weighted by molar-refractivity contribution is 0.144. The van der Waals surface area contributed by atoms with Crippen LogP contribution in [0.4, 0.5) is 4.79 Å². The zero-order valence-corrected chi connectivity index (χ0v) is 18.7. The highest BCUT2D eigenvalue weighted by Gasteiger charge is 2.24. The van der Waals surface area contributed by atoms with Crippen LogP contribution in [0.5, 0.6) is 5.75 Å². The summed E-state index contributed by atoms with van der Waals surface area (Å²) < 4.78 is 5.43. The quantitative estimate of drug-likeness (QED) is 0.467. The normalized spacial score (nSPS) is 23.0. The minimum absolute atomic E-state index is 0.285. The average molecular weight is 421 g/mol. The minimum atomic E-state index is -0.285. The van der Waals surface area contributed by atoms with Crippen molar-refractivity contribution in [3.63, 3.8) is 0 Å². The smallest absolute Gasteiger partial charge is 0.410 e. The van der Waals surface area contributed by atoms with E-state index in [1.54, 1.807) is 29.2 Å². The number of nitrogens with zero attached hydrogens (tertiary/aromatic N) is 2. The SMILES string of the molecule is CN(C[C@H]1CC[C@H](CCCCN2CCCCC2)CC1)C(=O)Oc1ccc(Cl)cc1. The number of likely N-dealkylation sites (tertiary alicyclic amines) is 1. The Labute approximate surface area is 181 Å². The molecule has 0 spiro atoms. The summed E-state index contributed by atoms with van der Waals surface area (Å²) in [6, 6.07) is 6.92. The van der Waals surface area contributed by atoms with E-state index >= 15 is 0 Å². The number of hydrogen-bond acceptors (Lipinski definition) is 3. The second-order valence-electron chi connectivity index (χ2n) is 8.99. The van der Waals surface area contributed by atoms with E-state index in [9.17, 15) is 4.79 Å². The van der Waals surface area contributed by atoms with Gasteiger partial charge in [0.25, 0.3) is 0 Å². The summed E-state index contributed by atoms with van der Waals surface area (Å²) in [5, 5.41) is 0.640. The molecule has 1 saturated heterocycles. The predicted octanol–water partition coefficient (Wildman–Crippen LogP) is 6.23. The van der Waals surface area contributed by atoms with Gasteiger partial charge in [-0.25, -0.2) is 4.79 Å². The van der Waals surface area contributed by atoms with Crippen LogP contribution in [0.3, 0.4) is 0 Å². The van der Waals surface area contributed by atoms with Gasteiger partial charge < -0.3 is 14.5 Å². The maximum absolute atomic E-state index is 12.3. The molecule has 0 N–H and O–H groups in total. The number of carbonyl (C=O) groups is 1. The van der Waals surface area contributed by atoms with Crippen molar-refractivity contribution in [1.82, 2.24) is 9.80 Å². The van der Waals surface area contributed by atoms with Gasteiger partial charge in [-0.15, -0.1) is 0 Å². The van der Waals surface area contributed by atoms with Gasteiger partial charge >= 0.3 is 6.09 Å². The van der Waals surface area contributed by atoms with Crippen LogP contribution >= 0.6 is 11.6 Å². The van der Waals surface area contributed by atoms with Crippen molar-refractivity contribution < 1.29 is 9.53 Å². The number of benzene rings is 1. The third-order valence-electron chi connectivity index (χ3n) is 6.61. The molecule has 0 radical (unpaired) electrons. The first-order valence-electron chi connectivity index (χ1n) is 11.5. The lowest BCUT2D eigenvalue weighted by Crippen LogP contribution is -2.35. The van der Waals surface area contributed by atoms with Gasteiger partial charge in [-0.2, -0.15) is 0 Å². The third-order valence-corrected chi connectivity index (χ3v) is 6.87. The van der Waals surface area contributed by atoms with E-state index < -0.39 is 0 Å². The Balaban J connectivity index is 1.27. The molecule has 2 aliphatic rings. The van der Waals surface area contributed by atoms with Gasteiger partial charge in [0.15, 0.2) is 0 Å². The van der Waals surface area contributed by atoms with Crippen molar-refractivity contribution >= 4 is 17.7 Å². The molecule has 29 heavy (non-hydrogen) atoms. The van der Waals surface area contributed by atoms with Crippen LogP contribution < -0.4 is 4.74 Å². The second-order valence-corrected chi connectivity index (χ2v) is 9.42. The molecule has 1 aromatic carbocycles. The monoisotopic (exact) mass is 420 g/mol. The molecule has 1 aromatic rings. The number of amides is 1. The van der Waals surface area contributed by atoms with Crippen LogP contribution in [0, 0.1) is 11.8 Å². The Hall–Kier alpha value is -1.26. The highest BCUT2D eigenvalue weighted by atomic mass is 35.5. The van der Waals surface area contributed by atoms with Gasteiger partial charge in [-0.3, -0.25) is 0 Å². The number of carbonyl (C=O) groups excluding carboxylic acids is 1. The predicted molar refractivity (Wildman–Crippen MR) is 120 cm³/mol. The summed E-state index contributed by atoms with van der Waals surface area (Å²) in [5.41, 5.74) is 0. The van der Waals surface area contributed by atoms with Crippen LogP contribution in [0.1, 0.15) is 64.2 Å². The Morgan fingerprint density at radius 3 is 2.38 bits per heavy atom. The number of hydrogen-bond donors (Lipinski definition) is 0. The van der Waals surface area contributed by atoms with Gasteiger partial charge in [0.2, 0.25) is 0 Å². The van der Waals surface area contributed by atoms with Crippen LogP contribution in [0.15, 0.2) is 24.3 Å². The molecular weight excluding hydrogens is 384 g/mol. The molecule has 0 unspecified atom stereocenters. The Kier molecular flexibility index (Phi) is 9.13. The highest BCUT2D eigenvalue weighted by molar-refractivity contribution is 6.30. The zero-order valence-electron chi connectivity index (χ0n) is 18.0. The molecule has 162 valence electrons. The fourth-order valence-corrected chi connectivity index (χ4v) is 4.92. The van der Waals surface area contributed by atoms with E-state index in [1.165, 1.54) is 83.8 Å². The third kappa shape index (κ3) is 7.82. The number of rotatable bonds is 8. The molecule has 2 fully saturated rings. The first-order valence-corrected chi connectivity index (χ1v) is 11.9. The Morgan fingerprint density at radius 1 is 1.03 bits per heavy atom. The number of piperidine rings is 1. The maximum Gasteiger partial charge on any atom is 0.414 e. The van der Waals surface area contributed by atoms with Crippen LogP contribution in [0.25, 0.3) is 0 Å². The fraction of sp³-hybridized carbons (Fsp3) is 0.708. The van der Waals surface area contributed by atoms with E-state index in [0.29, 0.717) is 16.7 Å². The van der Waals surface area contributed by atoms with Crippen molar-refractivity contribution in [2.75, 3.05) is 33.2 Å².